The number of rotatable bonds is 7. The summed E-state index contributed by atoms with van der Waals surface area (Å²) in [5.41, 5.74) is 3.63. The fourth-order valence-electron chi connectivity index (χ4n) is 3.76. The molecule has 0 saturated heterocycles. The number of fused-ring (bicyclic) bond motifs is 1. The third kappa shape index (κ3) is 4.45. The molecule has 0 aliphatic carbocycles. The molecular weight excluding hydrogens is 432 g/mol. The minimum Gasteiger partial charge on any atom is -0.424 e. The lowest BCUT2D eigenvalue weighted by molar-refractivity contribution is 0.474. The smallest absolute Gasteiger partial charge is 0.266 e. The normalized spacial score (nSPS) is 11.2. The van der Waals surface area contributed by atoms with E-state index >= 15 is 0 Å². The van der Waals surface area contributed by atoms with Gasteiger partial charge in [0.25, 0.3) is 5.56 Å². The summed E-state index contributed by atoms with van der Waals surface area (Å²) in [4.78, 5) is 18.3. The molecule has 5 aromatic rings. The first-order chi connectivity index (χ1) is 16.2. The van der Waals surface area contributed by atoms with Crippen LogP contribution in [0.2, 0.25) is 0 Å². The third-order valence-electron chi connectivity index (χ3n) is 5.39. The highest BCUT2D eigenvalue weighted by Crippen LogP contribution is 2.26. The molecule has 0 unspecified atom stereocenters. The quantitative estimate of drug-likeness (QED) is 0.248. The summed E-state index contributed by atoms with van der Waals surface area (Å²) >= 11 is 1.42. The number of thioether (sulfide) groups is 1. The molecule has 0 saturated carbocycles. The van der Waals surface area contributed by atoms with E-state index in [0.29, 0.717) is 40.0 Å². The molecule has 2 aromatic heterocycles. The van der Waals surface area contributed by atoms with Gasteiger partial charge in [0.2, 0.25) is 11.8 Å². The Balaban J connectivity index is 1.49. The van der Waals surface area contributed by atoms with Crippen molar-refractivity contribution in [2.45, 2.75) is 30.7 Å². The van der Waals surface area contributed by atoms with E-state index in [1.165, 1.54) is 11.8 Å². The maximum Gasteiger partial charge on any atom is 0.266 e. The summed E-state index contributed by atoms with van der Waals surface area (Å²) < 4.78 is 7.56. The first kappa shape index (κ1) is 21.2. The zero-order chi connectivity index (χ0) is 22.6. The molecule has 7 heteroatoms. The lowest BCUT2D eigenvalue weighted by Gasteiger charge is -2.15. The van der Waals surface area contributed by atoms with Crippen LogP contribution in [0.5, 0.6) is 0 Å². The number of hydrogen-bond acceptors (Lipinski definition) is 6. The second-order valence-corrected chi connectivity index (χ2v) is 8.52. The van der Waals surface area contributed by atoms with Crippen LogP contribution < -0.4 is 5.56 Å². The molecule has 0 fully saturated rings. The molecule has 3 aromatic carbocycles. The summed E-state index contributed by atoms with van der Waals surface area (Å²) in [7, 11) is 0. The molecular formula is C26H22N4O2S. The molecule has 0 aliphatic heterocycles. The van der Waals surface area contributed by atoms with Crippen LogP contribution in [0.25, 0.3) is 16.6 Å². The summed E-state index contributed by atoms with van der Waals surface area (Å²) in [6.45, 7) is 2.08. The van der Waals surface area contributed by atoms with Gasteiger partial charge in [0.1, 0.15) is 0 Å². The predicted octanol–water partition coefficient (Wildman–Crippen LogP) is 5.21. The zero-order valence-electron chi connectivity index (χ0n) is 18.1. The lowest BCUT2D eigenvalue weighted by Crippen LogP contribution is -2.22. The summed E-state index contributed by atoms with van der Waals surface area (Å²) in [6, 6.07) is 25.4. The Kier molecular flexibility index (Phi) is 6.04. The molecule has 0 amide bonds. The van der Waals surface area contributed by atoms with Crippen molar-refractivity contribution >= 4 is 22.7 Å². The first-order valence-electron chi connectivity index (χ1n) is 10.8. The largest absolute Gasteiger partial charge is 0.424 e. The number of aromatic nitrogens is 4. The maximum atomic E-state index is 13.5. The van der Waals surface area contributed by atoms with Crippen molar-refractivity contribution in [2.75, 3.05) is 0 Å². The van der Waals surface area contributed by atoms with Gasteiger partial charge in [0, 0.05) is 0 Å². The van der Waals surface area contributed by atoms with Gasteiger partial charge >= 0.3 is 0 Å². The van der Waals surface area contributed by atoms with Crippen molar-refractivity contribution in [2.24, 2.45) is 0 Å². The van der Waals surface area contributed by atoms with Gasteiger partial charge in [-0.05, 0) is 35.7 Å². The molecule has 5 rings (SSSR count). The van der Waals surface area contributed by atoms with E-state index < -0.39 is 0 Å². The van der Waals surface area contributed by atoms with Crippen molar-refractivity contribution < 1.29 is 4.42 Å². The van der Waals surface area contributed by atoms with E-state index in [2.05, 4.69) is 17.1 Å². The zero-order valence-corrected chi connectivity index (χ0v) is 19.0. The van der Waals surface area contributed by atoms with E-state index in [0.717, 1.165) is 23.2 Å². The van der Waals surface area contributed by atoms with Gasteiger partial charge in [-0.25, -0.2) is 4.98 Å². The Morgan fingerprint density at radius 2 is 1.61 bits per heavy atom. The van der Waals surface area contributed by atoms with Crippen LogP contribution in [0.3, 0.4) is 0 Å². The van der Waals surface area contributed by atoms with Gasteiger partial charge in [-0.2, -0.15) is 0 Å². The van der Waals surface area contributed by atoms with Gasteiger partial charge in [-0.3, -0.25) is 9.36 Å². The average Bonchev–Trinajstić information content (AvgIpc) is 3.31. The Bertz CT molecular complexity index is 1460. The van der Waals surface area contributed by atoms with Gasteiger partial charge in [0.15, 0.2) is 5.16 Å². The first-order valence-corrected chi connectivity index (χ1v) is 11.8. The van der Waals surface area contributed by atoms with E-state index in [1.54, 1.807) is 4.57 Å². The predicted molar refractivity (Wildman–Crippen MR) is 130 cm³/mol. The minimum absolute atomic E-state index is 0.0840. The fraction of sp³-hybridized carbons (Fsp3) is 0.154. The Morgan fingerprint density at radius 3 is 2.45 bits per heavy atom. The number of hydrogen-bond donors (Lipinski definition) is 0. The molecule has 164 valence electrons. The third-order valence-corrected chi connectivity index (χ3v) is 6.31. The van der Waals surface area contributed by atoms with Crippen LogP contribution in [-0.4, -0.2) is 19.7 Å². The second kappa shape index (κ2) is 9.42. The van der Waals surface area contributed by atoms with Gasteiger partial charge in [-0.15, -0.1) is 10.2 Å². The van der Waals surface area contributed by atoms with Gasteiger partial charge in [0.05, 0.1) is 28.8 Å². The molecule has 0 N–H and O–H groups in total. The summed E-state index contributed by atoms with van der Waals surface area (Å²) in [5.74, 6) is 1.49. The van der Waals surface area contributed by atoms with Crippen molar-refractivity contribution in [3.8, 4) is 5.69 Å². The van der Waals surface area contributed by atoms with Crippen LogP contribution in [0.15, 0.2) is 93.2 Å². The highest BCUT2D eigenvalue weighted by atomic mass is 32.2. The molecule has 0 bridgehead atoms. The molecule has 33 heavy (non-hydrogen) atoms. The van der Waals surface area contributed by atoms with Crippen molar-refractivity contribution in [1.82, 2.24) is 19.7 Å². The van der Waals surface area contributed by atoms with Crippen LogP contribution in [-0.2, 0) is 18.6 Å². The number of para-hydroxylation sites is 2. The average molecular weight is 455 g/mol. The van der Waals surface area contributed by atoms with Crippen LogP contribution in [0.1, 0.15) is 29.8 Å². The Labute approximate surface area is 195 Å². The molecule has 0 spiro atoms. The van der Waals surface area contributed by atoms with Gasteiger partial charge in [-0.1, -0.05) is 79.3 Å². The molecule has 0 atom stereocenters. The number of benzene rings is 3. The maximum absolute atomic E-state index is 13.5. The standard InChI is InChI=1S/C26H22N4O2S/c1-2-19-12-6-9-15-22(19)30-25(31)20-13-7-8-14-21(20)27-26(30)33-17-24-29-28-23(32-24)16-18-10-4-3-5-11-18/h3-15H,2,16-17H2,1H3. The number of nitrogens with zero attached hydrogens (tertiary/aromatic N) is 4. The fourth-order valence-corrected chi connectivity index (χ4v) is 4.61. The van der Waals surface area contributed by atoms with Crippen LogP contribution in [0, 0.1) is 0 Å². The Hall–Kier alpha value is -3.71. The summed E-state index contributed by atoms with van der Waals surface area (Å²) in [5, 5.41) is 9.57. The van der Waals surface area contributed by atoms with Crippen molar-refractivity contribution in [1.29, 1.82) is 0 Å². The molecule has 6 nitrogen and oxygen atoms in total. The van der Waals surface area contributed by atoms with E-state index in [1.807, 2.05) is 78.9 Å². The lowest BCUT2D eigenvalue weighted by atomic mass is 10.1. The monoisotopic (exact) mass is 454 g/mol. The van der Waals surface area contributed by atoms with Crippen LogP contribution >= 0.6 is 11.8 Å². The summed E-state index contributed by atoms with van der Waals surface area (Å²) in [6.07, 6.45) is 1.40. The molecule has 2 heterocycles. The van der Waals surface area contributed by atoms with Crippen LogP contribution in [0.4, 0.5) is 0 Å². The van der Waals surface area contributed by atoms with E-state index in [-0.39, 0.29) is 5.56 Å². The highest BCUT2D eigenvalue weighted by Gasteiger charge is 2.17. The van der Waals surface area contributed by atoms with E-state index in [4.69, 9.17) is 9.40 Å². The van der Waals surface area contributed by atoms with Crippen molar-refractivity contribution in [3.63, 3.8) is 0 Å². The number of aryl methyl sites for hydroxylation is 1. The SMILES string of the molecule is CCc1ccccc1-n1c(SCc2nnc(Cc3ccccc3)o2)nc2ccccc2c1=O. The highest BCUT2D eigenvalue weighted by molar-refractivity contribution is 7.98. The topological polar surface area (TPSA) is 73.8 Å². The van der Waals surface area contributed by atoms with Gasteiger partial charge < -0.3 is 4.42 Å². The molecule has 0 aliphatic rings. The van der Waals surface area contributed by atoms with E-state index in [9.17, 15) is 4.79 Å². The van der Waals surface area contributed by atoms with Crippen molar-refractivity contribution in [3.05, 3.63) is 112 Å². The minimum atomic E-state index is -0.0840. The molecule has 0 radical (unpaired) electrons. The Morgan fingerprint density at radius 1 is 0.879 bits per heavy atom. The second-order valence-electron chi connectivity index (χ2n) is 7.57.